The molecule has 5 heteroatoms. The first-order chi connectivity index (χ1) is 12.8. The molecular formula is C21H23N3OS. The highest BCUT2D eigenvalue weighted by atomic mass is 32.1. The van der Waals surface area contributed by atoms with Crippen molar-refractivity contribution in [3.8, 4) is 10.6 Å². The molecule has 0 radical (unpaired) electrons. The number of pyridine rings is 1. The van der Waals surface area contributed by atoms with Gasteiger partial charge in [0.05, 0.1) is 21.7 Å². The van der Waals surface area contributed by atoms with Gasteiger partial charge in [0.15, 0.2) is 0 Å². The van der Waals surface area contributed by atoms with E-state index in [0.717, 1.165) is 59.5 Å². The molecule has 3 aromatic rings. The Kier molecular flexibility index (Phi) is 5.00. The third-order valence-corrected chi connectivity index (χ3v) is 6.01. The second-order valence-corrected chi connectivity index (χ2v) is 7.79. The normalized spacial score (nSPS) is 15.5. The lowest BCUT2D eigenvalue weighted by Crippen LogP contribution is -2.40. The second-order valence-electron chi connectivity index (χ2n) is 6.84. The standard InChI is InChI=1S/C21H23N3OS/c1-22-14-15-8-10-24(11-9-15)21(25)17-13-19(20-7-4-12-26-20)23-18-6-3-2-5-16(17)18/h2-7,12-13,15,22H,8-11,14H2,1H3. The van der Waals surface area contributed by atoms with E-state index in [1.54, 1.807) is 11.3 Å². The van der Waals surface area contributed by atoms with Crippen molar-refractivity contribution in [3.05, 3.63) is 53.4 Å². The van der Waals surface area contributed by atoms with Crippen LogP contribution < -0.4 is 5.32 Å². The summed E-state index contributed by atoms with van der Waals surface area (Å²) in [6, 6.07) is 14.0. The van der Waals surface area contributed by atoms with Crippen LogP contribution in [0.1, 0.15) is 23.2 Å². The number of para-hydroxylation sites is 1. The van der Waals surface area contributed by atoms with Crippen molar-refractivity contribution in [2.24, 2.45) is 5.92 Å². The van der Waals surface area contributed by atoms with Crippen molar-refractivity contribution >= 4 is 28.1 Å². The number of piperidine rings is 1. The van der Waals surface area contributed by atoms with E-state index < -0.39 is 0 Å². The van der Waals surface area contributed by atoms with Crippen LogP contribution >= 0.6 is 11.3 Å². The van der Waals surface area contributed by atoms with Crippen molar-refractivity contribution in [2.45, 2.75) is 12.8 Å². The van der Waals surface area contributed by atoms with Gasteiger partial charge in [-0.25, -0.2) is 4.98 Å². The number of nitrogens with one attached hydrogen (secondary N) is 1. The van der Waals surface area contributed by atoms with Crippen LogP contribution in [0.25, 0.3) is 21.5 Å². The zero-order valence-electron chi connectivity index (χ0n) is 14.9. The lowest BCUT2D eigenvalue weighted by atomic mass is 9.96. The first-order valence-corrected chi connectivity index (χ1v) is 10.0. The zero-order chi connectivity index (χ0) is 17.9. The van der Waals surface area contributed by atoms with Gasteiger partial charge in [-0.05, 0) is 55.9 Å². The molecule has 1 saturated heterocycles. The topological polar surface area (TPSA) is 45.2 Å². The summed E-state index contributed by atoms with van der Waals surface area (Å²) in [4.78, 5) is 21.2. The fourth-order valence-corrected chi connectivity index (χ4v) is 4.39. The molecule has 134 valence electrons. The van der Waals surface area contributed by atoms with Crippen LogP contribution in [0.3, 0.4) is 0 Å². The van der Waals surface area contributed by atoms with Gasteiger partial charge in [0.2, 0.25) is 0 Å². The minimum absolute atomic E-state index is 0.129. The van der Waals surface area contributed by atoms with Crippen molar-refractivity contribution in [2.75, 3.05) is 26.7 Å². The largest absolute Gasteiger partial charge is 0.339 e. The average molecular weight is 366 g/mol. The Bertz CT molecular complexity index is 899. The van der Waals surface area contributed by atoms with Crippen molar-refractivity contribution < 1.29 is 4.79 Å². The van der Waals surface area contributed by atoms with E-state index in [9.17, 15) is 4.79 Å². The Morgan fingerprint density at radius 2 is 2.04 bits per heavy atom. The van der Waals surface area contributed by atoms with Gasteiger partial charge >= 0.3 is 0 Å². The SMILES string of the molecule is CNCC1CCN(C(=O)c2cc(-c3cccs3)nc3ccccc23)CC1. The van der Waals surface area contributed by atoms with Gasteiger partial charge in [-0.3, -0.25) is 4.79 Å². The molecule has 2 aromatic heterocycles. The summed E-state index contributed by atoms with van der Waals surface area (Å²) < 4.78 is 0. The third kappa shape index (κ3) is 3.37. The number of nitrogens with zero attached hydrogens (tertiary/aromatic N) is 2. The van der Waals surface area contributed by atoms with Crippen molar-refractivity contribution in [1.29, 1.82) is 0 Å². The maximum Gasteiger partial charge on any atom is 0.254 e. The van der Waals surface area contributed by atoms with Crippen molar-refractivity contribution in [1.82, 2.24) is 15.2 Å². The predicted molar refractivity (Wildman–Crippen MR) is 108 cm³/mol. The fraction of sp³-hybridized carbons (Fsp3) is 0.333. The molecule has 4 rings (SSSR count). The van der Waals surface area contributed by atoms with E-state index in [4.69, 9.17) is 4.98 Å². The van der Waals surface area contributed by atoms with Gasteiger partial charge in [0.1, 0.15) is 0 Å². The van der Waals surface area contributed by atoms with Gasteiger partial charge in [0.25, 0.3) is 5.91 Å². The lowest BCUT2D eigenvalue weighted by Gasteiger charge is -2.32. The van der Waals surface area contributed by atoms with Crippen LogP contribution in [-0.4, -0.2) is 42.5 Å². The minimum atomic E-state index is 0.129. The van der Waals surface area contributed by atoms with Crippen LogP contribution in [0.2, 0.25) is 0 Å². The number of rotatable bonds is 4. The highest BCUT2D eigenvalue weighted by Crippen LogP contribution is 2.29. The molecule has 0 unspecified atom stereocenters. The molecule has 1 N–H and O–H groups in total. The molecule has 1 aliphatic heterocycles. The number of likely N-dealkylation sites (tertiary alicyclic amines) is 1. The fourth-order valence-electron chi connectivity index (χ4n) is 3.70. The lowest BCUT2D eigenvalue weighted by molar-refractivity contribution is 0.0693. The summed E-state index contributed by atoms with van der Waals surface area (Å²) in [5.41, 5.74) is 2.53. The van der Waals surface area contributed by atoms with E-state index in [1.165, 1.54) is 0 Å². The van der Waals surface area contributed by atoms with Crippen molar-refractivity contribution in [3.63, 3.8) is 0 Å². The number of hydrogen-bond acceptors (Lipinski definition) is 4. The van der Waals surface area contributed by atoms with E-state index in [0.29, 0.717) is 5.92 Å². The summed E-state index contributed by atoms with van der Waals surface area (Å²) in [5, 5.41) is 6.23. The predicted octanol–water partition coefficient (Wildman–Crippen LogP) is 4.03. The number of hydrogen-bond donors (Lipinski definition) is 1. The maximum atomic E-state index is 13.3. The Morgan fingerprint density at radius 3 is 2.77 bits per heavy atom. The highest BCUT2D eigenvalue weighted by Gasteiger charge is 2.25. The van der Waals surface area contributed by atoms with Crippen LogP contribution in [0, 0.1) is 5.92 Å². The summed E-state index contributed by atoms with van der Waals surface area (Å²) in [7, 11) is 1.99. The molecule has 0 spiro atoms. The number of carbonyl (C=O) groups is 1. The zero-order valence-corrected chi connectivity index (χ0v) is 15.8. The van der Waals surface area contributed by atoms with Crippen LogP contribution in [0.4, 0.5) is 0 Å². The molecule has 1 aromatic carbocycles. The summed E-state index contributed by atoms with van der Waals surface area (Å²) in [6.07, 6.45) is 2.13. The van der Waals surface area contributed by atoms with Gasteiger partial charge in [-0.2, -0.15) is 0 Å². The maximum absolute atomic E-state index is 13.3. The van der Waals surface area contributed by atoms with Gasteiger partial charge < -0.3 is 10.2 Å². The third-order valence-electron chi connectivity index (χ3n) is 5.11. The quantitative estimate of drug-likeness (QED) is 0.759. The first kappa shape index (κ1) is 17.2. The summed E-state index contributed by atoms with van der Waals surface area (Å²) in [5.74, 6) is 0.796. The van der Waals surface area contributed by atoms with E-state index in [-0.39, 0.29) is 5.91 Å². The highest BCUT2D eigenvalue weighted by molar-refractivity contribution is 7.13. The minimum Gasteiger partial charge on any atom is -0.339 e. The van der Waals surface area contributed by atoms with Gasteiger partial charge in [-0.1, -0.05) is 24.3 Å². The smallest absolute Gasteiger partial charge is 0.254 e. The molecule has 3 heterocycles. The molecule has 1 fully saturated rings. The van der Waals surface area contributed by atoms with Crippen LogP contribution in [-0.2, 0) is 0 Å². The summed E-state index contributed by atoms with van der Waals surface area (Å²) in [6.45, 7) is 2.69. The molecule has 26 heavy (non-hydrogen) atoms. The summed E-state index contributed by atoms with van der Waals surface area (Å²) >= 11 is 1.65. The van der Waals surface area contributed by atoms with Crippen LogP contribution in [0.15, 0.2) is 47.8 Å². The van der Waals surface area contributed by atoms with E-state index in [2.05, 4.69) is 11.4 Å². The molecule has 0 aliphatic carbocycles. The van der Waals surface area contributed by atoms with Gasteiger partial charge in [-0.15, -0.1) is 11.3 Å². The van der Waals surface area contributed by atoms with E-state index in [1.807, 2.05) is 53.7 Å². The number of amides is 1. The van der Waals surface area contributed by atoms with Crippen LogP contribution in [0.5, 0.6) is 0 Å². The number of aromatic nitrogens is 1. The molecule has 0 bridgehead atoms. The first-order valence-electron chi connectivity index (χ1n) is 9.14. The second kappa shape index (κ2) is 7.56. The molecular weight excluding hydrogens is 342 g/mol. The van der Waals surface area contributed by atoms with Gasteiger partial charge in [0, 0.05) is 18.5 Å². The Balaban J connectivity index is 1.68. The molecule has 0 atom stereocenters. The number of thiophene rings is 1. The van der Waals surface area contributed by atoms with E-state index >= 15 is 0 Å². The Morgan fingerprint density at radius 1 is 1.23 bits per heavy atom. The number of benzene rings is 1. The Labute approximate surface area is 157 Å². The molecule has 1 aliphatic rings. The monoisotopic (exact) mass is 365 g/mol. The molecule has 4 nitrogen and oxygen atoms in total. The number of carbonyl (C=O) groups excluding carboxylic acids is 1. The Hall–Kier alpha value is -2.24. The average Bonchev–Trinajstić information content (AvgIpc) is 3.22. The molecule has 0 saturated carbocycles. The number of fused-ring (bicyclic) bond motifs is 1. The molecule has 1 amide bonds.